The Labute approximate surface area is 88.3 Å². The van der Waals surface area contributed by atoms with Crippen LogP contribution in [0.3, 0.4) is 0 Å². The van der Waals surface area contributed by atoms with Crippen molar-refractivity contribution in [1.29, 1.82) is 0 Å². The Morgan fingerprint density at radius 2 is 1.43 bits per heavy atom. The highest BCUT2D eigenvalue weighted by Gasteiger charge is 2.02. The average molecular weight is 202 g/mol. The van der Waals surface area contributed by atoms with Gasteiger partial charge in [-0.05, 0) is 19.3 Å². The molecule has 0 heterocycles. The van der Waals surface area contributed by atoms with E-state index in [0.29, 0.717) is 0 Å². The molecule has 0 spiro atoms. The van der Waals surface area contributed by atoms with Gasteiger partial charge in [-0.3, -0.25) is 0 Å². The molecule has 0 aliphatic carbocycles. The molecule has 86 valence electrons. The van der Waals surface area contributed by atoms with Crippen LogP contribution in [0.5, 0.6) is 0 Å². The SMILES string of the molecule is CCCCCCCCC(O)CCCO. The van der Waals surface area contributed by atoms with E-state index in [1.54, 1.807) is 0 Å². The monoisotopic (exact) mass is 202 g/mol. The number of aliphatic hydroxyl groups excluding tert-OH is 2. The van der Waals surface area contributed by atoms with Crippen LogP contribution in [0, 0.1) is 0 Å². The highest BCUT2D eigenvalue weighted by atomic mass is 16.3. The second kappa shape index (κ2) is 11.0. The van der Waals surface area contributed by atoms with Crippen molar-refractivity contribution in [2.24, 2.45) is 0 Å². The van der Waals surface area contributed by atoms with Crippen molar-refractivity contribution in [3.8, 4) is 0 Å². The Kier molecular flexibility index (Phi) is 10.9. The van der Waals surface area contributed by atoms with E-state index in [-0.39, 0.29) is 12.7 Å². The summed E-state index contributed by atoms with van der Waals surface area (Å²) in [5, 5.41) is 18.0. The molecule has 0 amide bonds. The lowest BCUT2D eigenvalue weighted by molar-refractivity contribution is 0.138. The van der Waals surface area contributed by atoms with Crippen molar-refractivity contribution in [2.45, 2.75) is 70.8 Å². The van der Waals surface area contributed by atoms with Crippen LogP contribution in [0.25, 0.3) is 0 Å². The molecule has 0 rings (SSSR count). The van der Waals surface area contributed by atoms with Crippen molar-refractivity contribution in [1.82, 2.24) is 0 Å². The third-order valence-corrected chi connectivity index (χ3v) is 2.59. The predicted octanol–water partition coefficient (Wildman–Crippen LogP) is 2.87. The Balaban J connectivity index is 3.02. The summed E-state index contributed by atoms with van der Waals surface area (Å²) in [6.07, 6.45) is 9.87. The van der Waals surface area contributed by atoms with Gasteiger partial charge in [0, 0.05) is 6.61 Å². The summed E-state index contributed by atoms with van der Waals surface area (Å²) in [5.41, 5.74) is 0. The molecule has 2 nitrogen and oxygen atoms in total. The van der Waals surface area contributed by atoms with Gasteiger partial charge in [-0.25, -0.2) is 0 Å². The van der Waals surface area contributed by atoms with E-state index in [1.165, 1.54) is 32.1 Å². The van der Waals surface area contributed by atoms with Gasteiger partial charge in [0.15, 0.2) is 0 Å². The highest BCUT2D eigenvalue weighted by Crippen LogP contribution is 2.10. The zero-order valence-corrected chi connectivity index (χ0v) is 9.54. The molecule has 0 saturated heterocycles. The molecule has 0 aromatic heterocycles. The van der Waals surface area contributed by atoms with E-state index in [0.717, 1.165) is 25.7 Å². The van der Waals surface area contributed by atoms with E-state index in [4.69, 9.17) is 5.11 Å². The van der Waals surface area contributed by atoms with Gasteiger partial charge in [0.1, 0.15) is 0 Å². The minimum atomic E-state index is -0.187. The maximum absolute atomic E-state index is 9.47. The summed E-state index contributed by atoms with van der Waals surface area (Å²) in [5.74, 6) is 0. The first-order chi connectivity index (χ1) is 6.81. The molecule has 0 aromatic carbocycles. The second-order valence-electron chi connectivity index (χ2n) is 4.08. The van der Waals surface area contributed by atoms with Gasteiger partial charge in [0.25, 0.3) is 0 Å². The Hall–Kier alpha value is -0.0800. The second-order valence-corrected chi connectivity index (χ2v) is 4.08. The summed E-state index contributed by atoms with van der Waals surface area (Å²) in [4.78, 5) is 0. The lowest BCUT2D eigenvalue weighted by atomic mass is 10.0. The van der Waals surface area contributed by atoms with Gasteiger partial charge in [0.05, 0.1) is 6.10 Å². The van der Waals surface area contributed by atoms with Gasteiger partial charge in [-0.1, -0.05) is 45.4 Å². The molecule has 0 fully saturated rings. The smallest absolute Gasteiger partial charge is 0.0541 e. The standard InChI is InChI=1S/C12H26O2/c1-2-3-4-5-6-7-9-12(14)10-8-11-13/h12-14H,2-11H2,1H3. The fraction of sp³-hybridized carbons (Fsp3) is 1.00. The summed E-state index contributed by atoms with van der Waals surface area (Å²) in [6, 6.07) is 0. The van der Waals surface area contributed by atoms with Crippen molar-refractivity contribution in [2.75, 3.05) is 6.61 Å². The third-order valence-electron chi connectivity index (χ3n) is 2.59. The minimum Gasteiger partial charge on any atom is -0.396 e. The van der Waals surface area contributed by atoms with Gasteiger partial charge < -0.3 is 10.2 Å². The fourth-order valence-electron chi connectivity index (χ4n) is 1.63. The van der Waals surface area contributed by atoms with E-state index in [2.05, 4.69) is 6.92 Å². The number of hydrogen-bond donors (Lipinski definition) is 2. The molecular weight excluding hydrogens is 176 g/mol. The maximum Gasteiger partial charge on any atom is 0.0541 e. The quantitative estimate of drug-likeness (QED) is 0.535. The summed E-state index contributed by atoms with van der Waals surface area (Å²) in [7, 11) is 0. The van der Waals surface area contributed by atoms with Crippen molar-refractivity contribution in [3.05, 3.63) is 0 Å². The highest BCUT2D eigenvalue weighted by molar-refractivity contribution is 4.56. The first kappa shape index (κ1) is 13.9. The van der Waals surface area contributed by atoms with Crippen LogP contribution in [0.1, 0.15) is 64.7 Å². The van der Waals surface area contributed by atoms with E-state index >= 15 is 0 Å². The number of aliphatic hydroxyl groups is 2. The first-order valence-corrected chi connectivity index (χ1v) is 6.10. The van der Waals surface area contributed by atoms with Crippen LogP contribution in [0.4, 0.5) is 0 Å². The predicted molar refractivity (Wildman–Crippen MR) is 60.3 cm³/mol. The Bertz CT molecular complexity index is 104. The summed E-state index contributed by atoms with van der Waals surface area (Å²) in [6.45, 7) is 2.42. The minimum absolute atomic E-state index is 0.187. The molecule has 14 heavy (non-hydrogen) atoms. The third kappa shape index (κ3) is 10.0. The van der Waals surface area contributed by atoms with Crippen LogP contribution >= 0.6 is 0 Å². The van der Waals surface area contributed by atoms with Gasteiger partial charge in [-0.2, -0.15) is 0 Å². The molecule has 1 unspecified atom stereocenters. The zero-order chi connectivity index (χ0) is 10.6. The largest absolute Gasteiger partial charge is 0.396 e. The topological polar surface area (TPSA) is 40.5 Å². The lowest BCUT2D eigenvalue weighted by Crippen LogP contribution is -2.06. The van der Waals surface area contributed by atoms with Crippen LogP contribution in [-0.4, -0.2) is 22.9 Å². The normalized spacial score (nSPS) is 13.1. The molecular formula is C12H26O2. The van der Waals surface area contributed by atoms with Crippen molar-refractivity contribution < 1.29 is 10.2 Å². The van der Waals surface area contributed by atoms with Crippen LogP contribution < -0.4 is 0 Å². The van der Waals surface area contributed by atoms with Crippen molar-refractivity contribution >= 4 is 0 Å². The Morgan fingerprint density at radius 1 is 0.857 bits per heavy atom. The summed E-state index contributed by atoms with van der Waals surface area (Å²) >= 11 is 0. The molecule has 1 atom stereocenters. The van der Waals surface area contributed by atoms with Gasteiger partial charge in [0.2, 0.25) is 0 Å². The van der Waals surface area contributed by atoms with Gasteiger partial charge >= 0.3 is 0 Å². The molecule has 0 radical (unpaired) electrons. The molecule has 0 saturated carbocycles. The molecule has 0 aliphatic heterocycles. The van der Waals surface area contributed by atoms with E-state index < -0.39 is 0 Å². The molecule has 0 bridgehead atoms. The van der Waals surface area contributed by atoms with Crippen LogP contribution in [0.2, 0.25) is 0 Å². The average Bonchev–Trinajstić information content (AvgIpc) is 2.20. The van der Waals surface area contributed by atoms with Crippen molar-refractivity contribution in [3.63, 3.8) is 0 Å². The molecule has 2 N–H and O–H groups in total. The summed E-state index contributed by atoms with van der Waals surface area (Å²) < 4.78 is 0. The van der Waals surface area contributed by atoms with Crippen LogP contribution in [0.15, 0.2) is 0 Å². The van der Waals surface area contributed by atoms with E-state index in [1.807, 2.05) is 0 Å². The van der Waals surface area contributed by atoms with Gasteiger partial charge in [-0.15, -0.1) is 0 Å². The molecule has 0 aliphatic rings. The lowest BCUT2D eigenvalue weighted by Gasteiger charge is -2.08. The molecule has 0 aromatic rings. The number of unbranched alkanes of at least 4 members (excludes halogenated alkanes) is 5. The van der Waals surface area contributed by atoms with Crippen LogP contribution in [-0.2, 0) is 0 Å². The maximum atomic E-state index is 9.47. The number of hydrogen-bond acceptors (Lipinski definition) is 2. The molecule has 2 heteroatoms. The Morgan fingerprint density at radius 3 is 2.07 bits per heavy atom. The fourth-order valence-corrected chi connectivity index (χ4v) is 1.63. The first-order valence-electron chi connectivity index (χ1n) is 6.10. The zero-order valence-electron chi connectivity index (χ0n) is 9.54. The van der Waals surface area contributed by atoms with E-state index in [9.17, 15) is 5.11 Å². The number of rotatable bonds is 10.